The Labute approximate surface area is 210 Å². The van der Waals surface area contributed by atoms with Gasteiger partial charge in [0, 0.05) is 13.6 Å². The van der Waals surface area contributed by atoms with Crippen molar-refractivity contribution >= 4 is 33.2 Å². The van der Waals surface area contributed by atoms with Crippen LogP contribution in [-0.2, 0) is 16.6 Å². The zero-order chi connectivity index (χ0) is 25.5. The molecule has 0 atom stereocenters. The highest BCUT2D eigenvalue weighted by Crippen LogP contribution is 2.27. The van der Waals surface area contributed by atoms with Gasteiger partial charge in [-0.05, 0) is 42.0 Å². The molecule has 4 aromatic rings. The quantitative estimate of drug-likeness (QED) is 0.368. The summed E-state index contributed by atoms with van der Waals surface area (Å²) >= 11 is 0. The summed E-state index contributed by atoms with van der Waals surface area (Å²) in [5.41, 5.74) is 1.92. The van der Waals surface area contributed by atoms with Crippen LogP contribution in [0.15, 0.2) is 114 Å². The van der Waals surface area contributed by atoms with Crippen LogP contribution in [-0.4, -0.2) is 27.3 Å². The standard InChI is InChI=1S/C28H25N3O4S/c1-31(36(34,35)22-14-6-3-7-15-22)26-19-11-9-17-24(26)28(33)30-25-18-10-8-16-23(25)27(32)29-20-21-12-4-2-5-13-21/h2-19H,20H2,1H3,(H,29,32)(H,30,33). The maximum absolute atomic E-state index is 13.3. The lowest BCUT2D eigenvalue weighted by Crippen LogP contribution is -2.29. The van der Waals surface area contributed by atoms with Gasteiger partial charge in [0.25, 0.3) is 21.8 Å². The Morgan fingerprint density at radius 3 is 1.94 bits per heavy atom. The van der Waals surface area contributed by atoms with Crippen molar-refractivity contribution in [3.8, 4) is 0 Å². The summed E-state index contributed by atoms with van der Waals surface area (Å²) in [5, 5.41) is 5.63. The van der Waals surface area contributed by atoms with Gasteiger partial charge in [0.05, 0.1) is 27.4 Å². The molecule has 7 nitrogen and oxygen atoms in total. The second kappa shape index (κ2) is 10.9. The molecule has 2 N–H and O–H groups in total. The third kappa shape index (κ3) is 5.45. The van der Waals surface area contributed by atoms with Crippen molar-refractivity contribution in [1.29, 1.82) is 0 Å². The molecule has 0 spiro atoms. The average molecular weight is 500 g/mol. The molecule has 0 unspecified atom stereocenters. The van der Waals surface area contributed by atoms with Crippen molar-refractivity contribution in [1.82, 2.24) is 5.32 Å². The van der Waals surface area contributed by atoms with E-state index in [-0.39, 0.29) is 22.1 Å². The zero-order valence-electron chi connectivity index (χ0n) is 19.6. The molecule has 36 heavy (non-hydrogen) atoms. The fourth-order valence-electron chi connectivity index (χ4n) is 3.67. The van der Waals surface area contributed by atoms with E-state index >= 15 is 0 Å². The summed E-state index contributed by atoms with van der Waals surface area (Å²) in [6.07, 6.45) is 0. The highest BCUT2D eigenvalue weighted by Gasteiger charge is 2.25. The van der Waals surface area contributed by atoms with Crippen molar-refractivity contribution in [2.75, 3.05) is 16.7 Å². The minimum Gasteiger partial charge on any atom is -0.348 e. The molecule has 182 valence electrons. The molecular formula is C28H25N3O4S. The summed E-state index contributed by atoms with van der Waals surface area (Å²) < 4.78 is 27.4. The van der Waals surface area contributed by atoms with Crippen LogP contribution in [0, 0.1) is 0 Å². The van der Waals surface area contributed by atoms with Crippen LogP contribution in [0.25, 0.3) is 0 Å². The summed E-state index contributed by atoms with van der Waals surface area (Å²) in [4.78, 5) is 26.3. The van der Waals surface area contributed by atoms with Crippen LogP contribution in [0.5, 0.6) is 0 Å². The molecule has 0 saturated carbocycles. The van der Waals surface area contributed by atoms with E-state index in [1.54, 1.807) is 66.7 Å². The van der Waals surface area contributed by atoms with Crippen LogP contribution in [0.1, 0.15) is 26.3 Å². The molecule has 0 saturated heterocycles. The first-order valence-electron chi connectivity index (χ1n) is 11.2. The van der Waals surface area contributed by atoms with E-state index in [1.165, 1.54) is 19.2 Å². The van der Waals surface area contributed by atoms with E-state index in [9.17, 15) is 18.0 Å². The maximum Gasteiger partial charge on any atom is 0.264 e. The van der Waals surface area contributed by atoms with E-state index in [0.29, 0.717) is 17.8 Å². The van der Waals surface area contributed by atoms with Crippen molar-refractivity contribution in [3.63, 3.8) is 0 Å². The van der Waals surface area contributed by atoms with Gasteiger partial charge in [0.15, 0.2) is 0 Å². The Kier molecular flexibility index (Phi) is 7.46. The van der Waals surface area contributed by atoms with Crippen molar-refractivity contribution in [2.24, 2.45) is 0 Å². The molecule has 4 aromatic carbocycles. The van der Waals surface area contributed by atoms with Crippen LogP contribution < -0.4 is 14.9 Å². The van der Waals surface area contributed by atoms with E-state index in [0.717, 1.165) is 9.87 Å². The van der Waals surface area contributed by atoms with Crippen molar-refractivity contribution in [3.05, 3.63) is 126 Å². The normalized spacial score (nSPS) is 10.9. The predicted octanol–water partition coefficient (Wildman–Crippen LogP) is 4.69. The highest BCUT2D eigenvalue weighted by atomic mass is 32.2. The fourth-order valence-corrected chi connectivity index (χ4v) is 4.91. The van der Waals surface area contributed by atoms with Gasteiger partial charge in [-0.25, -0.2) is 8.42 Å². The number of para-hydroxylation sites is 2. The number of carbonyl (C=O) groups excluding carboxylic acids is 2. The minimum atomic E-state index is -3.89. The number of carbonyl (C=O) groups is 2. The minimum absolute atomic E-state index is 0.114. The molecule has 0 aliphatic rings. The second-order valence-electron chi connectivity index (χ2n) is 7.97. The molecule has 0 bridgehead atoms. The van der Waals surface area contributed by atoms with Gasteiger partial charge in [-0.2, -0.15) is 0 Å². The van der Waals surface area contributed by atoms with Crippen molar-refractivity contribution < 1.29 is 18.0 Å². The molecule has 0 aliphatic heterocycles. The number of hydrogen-bond acceptors (Lipinski definition) is 4. The molecule has 0 radical (unpaired) electrons. The maximum atomic E-state index is 13.3. The van der Waals surface area contributed by atoms with Gasteiger partial charge in [-0.15, -0.1) is 0 Å². The first-order valence-corrected chi connectivity index (χ1v) is 12.7. The van der Waals surface area contributed by atoms with Gasteiger partial charge >= 0.3 is 0 Å². The van der Waals surface area contributed by atoms with E-state index in [1.807, 2.05) is 30.3 Å². The number of anilines is 2. The van der Waals surface area contributed by atoms with Gasteiger partial charge < -0.3 is 10.6 Å². The van der Waals surface area contributed by atoms with Gasteiger partial charge in [-0.1, -0.05) is 72.8 Å². The third-order valence-electron chi connectivity index (χ3n) is 5.61. The second-order valence-corrected chi connectivity index (χ2v) is 9.94. The predicted molar refractivity (Wildman–Crippen MR) is 140 cm³/mol. The summed E-state index contributed by atoms with van der Waals surface area (Å²) in [7, 11) is -2.48. The van der Waals surface area contributed by atoms with E-state index < -0.39 is 15.9 Å². The average Bonchev–Trinajstić information content (AvgIpc) is 2.92. The largest absolute Gasteiger partial charge is 0.348 e. The van der Waals surface area contributed by atoms with Crippen molar-refractivity contribution in [2.45, 2.75) is 11.4 Å². The highest BCUT2D eigenvalue weighted by molar-refractivity contribution is 7.92. The number of benzene rings is 4. The molecule has 0 fully saturated rings. The summed E-state index contributed by atoms with van der Waals surface area (Å²) in [5.74, 6) is -0.879. The lowest BCUT2D eigenvalue weighted by atomic mass is 10.1. The Bertz CT molecular complexity index is 1470. The molecule has 4 rings (SSSR count). The number of nitrogens with zero attached hydrogens (tertiary/aromatic N) is 1. The van der Waals surface area contributed by atoms with E-state index in [4.69, 9.17) is 0 Å². The van der Waals surface area contributed by atoms with Gasteiger partial charge in [0.2, 0.25) is 0 Å². The monoisotopic (exact) mass is 499 g/mol. The molecule has 0 aliphatic carbocycles. The smallest absolute Gasteiger partial charge is 0.264 e. The lowest BCUT2D eigenvalue weighted by molar-refractivity contribution is 0.0951. The van der Waals surface area contributed by atoms with E-state index in [2.05, 4.69) is 10.6 Å². The van der Waals surface area contributed by atoms with Crippen LogP contribution >= 0.6 is 0 Å². The number of nitrogens with one attached hydrogen (secondary N) is 2. The fraction of sp³-hybridized carbons (Fsp3) is 0.0714. The van der Waals surface area contributed by atoms with Crippen LogP contribution in [0.4, 0.5) is 11.4 Å². The first kappa shape index (κ1) is 24.7. The molecule has 0 heterocycles. The lowest BCUT2D eigenvalue weighted by Gasteiger charge is -2.22. The summed E-state index contributed by atoms with van der Waals surface area (Å²) in [6, 6.07) is 30.6. The molecule has 8 heteroatoms. The third-order valence-corrected chi connectivity index (χ3v) is 7.39. The summed E-state index contributed by atoms with van der Waals surface area (Å²) in [6.45, 7) is 0.340. The molecule has 0 aromatic heterocycles. The van der Waals surface area contributed by atoms with Gasteiger partial charge in [0.1, 0.15) is 0 Å². The Morgan fingerprint density at radius 1 is 0.694 bits per heavy atom. The van der Waals surface area contributed by atoms with Crippen LogP contribution in [0.2, 0.25) is 0 Å². The molecule has 2 amide bonds. The number of sulfonamides is 1. The van der Waals surface area contributed by atoms with Gasteiger partial charge in [-0.3, -0.25) is 13.9 Å². The topological polar surface area (TPSA) is 95.6 Å². The van der Waals surface area contributed by atoms with Crippen LogP contribution in [0.3, 0.4) is 0 Å². The Balaban J connectivity index is 1.57. The molecular weight excluding hydrogens is 474 g/mol. The zero-order valence-corrected chi connectivity index (χ0v) is 20.4. The first-order chi connectivity index (χ1) is 17.4. The number of hydrogen-bond donors (Lipinski definition) is 2. The number of rotatable bonds is 8. The SMILES string of the molecule is CN(c1ccccc1C(=O)Nc1ccccc1C(=O)NCc1ccccc1)S(=O)(=O)c1ccccc1. The Morgan fingerprint density at radius 2 is 1.25 bits per heavy atom. The number of amides is 2. The Hall–Kier alpha value is -4.43.